The maximum absolute atomic E-state index is 12.8. The van der Waals surface area contributed by atoms with Crippen molar-refractivity contribution in [3.05, 3.63) is 36.5 Å². The van der Waals surface area contributed by atoms with Crippen LogP contribution in [0.5, 0.6) is 0 Å². The van der Waals surface area contributed by atoms with Crippen molar-refractivity contribution in [1.29, 1.82) is 0 Å². The molecule has 1 aliphatic heterocycles. The molecule has 1 aromatic carbocycles. The monoisotopic (exact) mass is 292 g/mol. The first kappa shape index (κ1) is 12.3. The van der Waals surface area contributed by atoms with E-state index in [4.69, 9.17) is 0 Å². The topological polar surface area (TPSA) is 50.3 Å². The second kappa shape index (κ2) is 4.15. The summed E-state index contributed by atoms with van der Waals surface area (Å²) in [5.41, 5.74) is 1.58. The highest BCUT2D eigenvalue weighted by Crippen LogP contribution is 2.56. The smallest absolute Gasteiger partial charge is 0.237 e. The Morgan fingerprint density at radius 2 is 1.73 bits per heavy atom. The third-order valence-electron chi connectivity index (χ3n) is 5.77. The number of rotatable bonds is 1. The number of aromatic nitrogens is 1. The zero-order valence-corrected chi connectivity index (χ0v) is 12.1. The first-order chi connectivity index (χ1) is 10.7. The lowest BCUT2D eigenvalue weighted by Crippen LogP contribution is -2.32. The molecule has 2 aromatic rings. The second-order valence-electron chi connectivity index (χ2n) is 6.78. The van der Waals surface area contributed by atoms with Crippen molar-refractivity contribution < 1.29 is 9.59 Å². The molecule has 2 saturated carbocycles. The molecule has 22 heavy (non-hydrogen) atoms. The van der Waals surface area contributed by atoms with Crippen LogP contribution in [0.3, 0.4) is 0 Å². The fraction of sp³-hybridized carbons (Fsp3) is 0.389. The van der Waals surface area contributed by atoms with Crippen molar-refractivity contribution in [1.82, 2.24) is 4.98 Å². The van der Waals surface area contributed by atoms with Crippen molar-refractivity contribution in [2.75, 3.05) is 4.90 Å². The Labute approximate surface area is 128 Å². The first-order valence-corrected chi connectivity index (χ1v) is 7.96. The van der Waals surface area contributed by atoms with Gasteiger partial charge in [-0.15, -0.1) is 0 Å². The summed E-state index contributed by atoms with van der Waals surface area (Å²) in [5.74, 6) is 0.778. The quantitative estimate of drug-likeness (QED) is 0.759. The summed E-state index contributed by atoms with van der Waals surface area (Å²) < 4.78 is 0. The Kier molecular flexibility index (Phi) is 2.33. The number of carbonyl (C=O) groups is 2. The number of nitrogens with zero attached hydrogens (tertiary/aromatic N) is 2. The molecule has 3 fully saturated rings. The van der Waals surface area contributed by atoms with Gasteiger partial charge in [0.2, 0.25) is 11.8 Å². The number of pyridine rings is 1. The standard InChI is InChI=1S/C18H16N2O2/c21-17-15-11-3-4-12(8-11)16(15)18(22)20(17)13-5-6-14-10(9-13)2-1-7-19-14/h1-2,5-7,9,11-12,15-16H,3-4,8H2. The fourth-order valence-corrected chi connectivity index (χ4v) is 4.87. The van der Waals surface area contributed by atoms with E-state index in [1.54, 1.807) is 6.20 Å². The predicted octanol–water partition coefficient (Wildman–Crippen LogP) is 2.77. The molecule has 4 unspecified atom stereocenters. The number of fused-ring (bicyclic) bond motifs is 6. The Morgan fingerprint density at radius 3 is 2.45 bits per heavy atom. The molecule has 4 heteroatoms. The van der Waals surface area contributed by atoms with Gasteiger partial charge in [-0.3, -0.25) is 19.5 Å². The van der Waals surface area contributed by atoms with Gasteiger partial charge in [-0.1, -0.05) is 6.07 Å². The molecule has 2 aliphatic carbocycles. The maximum atomic E-state index is 12.8. The van der Waals surface area contributed by atoms with Crippen LogP contribution in [-0.2, 0) is 9.59 Å². The van der Waals surface area contributed by atoms with E-state index in [0.29, 0.717) is 17.5 Å². The van der Waals surface area contributed by atoms with Crippen molar-refractivity contribution in [3.8, 4) is 0 Å². The number of hydrogen-bond acceptors (Lipinski definition) is 3. The van der Waals surface area contributed by atoms with E-state index in [1.807, 2.05) is 30.3 Å². The van der Waals surface area contributed by atoms with E-state index in [9.17, 15) is 9.59 Å². The number of hydrogen-bond donors (Lipinski definition) is 0. The molecular formula is C18H16N2O2. The molecule has 1 saturated heterocycles. The molecule has 0 spiro atoms. The number of anilines is 1. The van der Waals surface area contributed by atoms with Gasteiger partial charge in [-0.2, -0.15) is 0 Å². The molecule has 0 N–H and O–H groups in total. The van der Waals surface area contributed by atoms with Crippen LogP contribution < -0.4 is 4.90 Å². The molecule has 4 nitrogen and oxygen atoms in total. The fourth-order valence-electron chi connectivity index (χ4n) is 4.87. The lowest BCUT2D eigenvalue weighted by Gasteiger charge is -2.19. The third kappa shape index (κ3) is 1.45. The SMILES string of the molecule is O=C1C2C3CCC(C3)C2C(=O)N1c1ccc2ncccc2c1. The zero-order valence-electron chi connectivity index (χ0n) is 12.1. The van der Waals surface area contributed by atoms with Crippen LogP contribution in [0.25, 0.3) is 10.9 Å². The molecule has 5 rings (SSSR count). The summed E-state index contributed by atoms with van der Waals surface area (Å²) >= 11 is 0. The number of benzene rings is 1. The first-order valence-electron chi connectivity index (χ1n) is 7.96. The minimum atomic E-state index is -0.0594. The third-order valence-corrected chi connectivity index (χ3v) is 5.77. The van der Waals surface area contributed by atoms with E-state index >= 15 is 0 Å². The van der Waals surface area contributed by atoms with Crippen LogP contribution in [0.1, 0.15) is 19.3 Å². The maximum Gasteiger partial charge on any atom is 0.237 e. The van der Waals surface area contributed by atoms with Crippen LogP contribution in [-0.4, -0.2) is 16.8 Å². The van der Waals surface area contributed by atoms with Gasteiger partial charge >= 0.3 is 0 Å². The molecule has 110 valence electrons. The van der Waals surface area contributed by atoms with Gasteiger partial charge in [-0.05, 0) is 55.4 Å². The van der Waals surface area contributed by atoms with Crippen LogP contribution in [0.15, 0.2) is 36.5 Å². The molecular weight excluding hydrogens is 276 g/mol. The lowest BCUT2D eigenvalue weighted by atomic mass is 9.81. The Morgan fingerprint density at radius 1 is 1.00 bits per heavy atom. The highest BCUT2D eigenvalue weighted by Gasteiger charge is 2.61. The van der Waals surface area contributed by atoms with Gasteiger partial charge in [0.15, 0.2) is 0 Å². The molecule has 3 aliphatic rings. The van der Waals surface area contributed by atoms with Crippen LogP contribution in [0.2, 0.25) is 0 Å². The molecule has 0 radical (unpaired) electrons. The Hall–Kier alpha value is -2.23. The van der Waals surface area contributed by atoms with Crippen molar-refractivity contribution >= 4 is 28.4 Å². The minimum absolute atomic E-state index is 0.0189. The number of imide groups is 1. The number of carbonyl (C=O) groups excluding carboxylic acids is 2. The Balaban J connectivity index is 1.59. The Bertz CT molecular complexity index is 788. The molecule has 4 atom stereocenters. The van der Waals surface area contributed by atoms with Gasteiger partial charge in [0, 0.05) is 11.6 Å². The highest BCUT2D eigenvalue weighted by atomic mass is 16.2. The van der Waals surface area contributed by atoms with E-state index in [1.165, 1.54) is 4.90 Å². The summed E-state index contributed by atoms with van der Waals surface area (Å²) in [6.45, 7) is 0. The van der Waals surface area contributed by atoms with Crippen molar-refractivity contribution in [3.63, 3.8) is 0 Å². The average Bonchev–Trinajstić information content (AvgIpc) is 3.21. The average molecular weight is 292 g/mol. The minimum Gasteiger partial charge on any atom is -0.274 e. The zero-order chi connectivity index (χ0) is 14.8. The van der Waals surface area contributed by atoms with Gasteiger partial charge in [0.05, 0.1) is 23.0 Å². The van der Waals surface area contributed by atoms with Gasteiger partial charge < -0.3 is 0 Å². The van der Waals surface area contributed by atoms with Crippen LogP contribution >= 0.6 is 0 Å². The van der Waals surface area contributed by atoms with E-state index in [2.05, 4.69) is 4.98 Å². The van der Waals surface area contributed by atoms with Crippen LogP contribution in [0, 0.1) is 23.7 Å². The molecule has 2 amide bonds. The largest absolute Gasteiger partial charge is 0.274 e. The van der Waals surface area contributed by atoms with E-state index in [-0.39, 0.29) is 23.7 Å². The van der Waals surface area contributed by atoms with Gasteiger partial charge in [0.1, 0.15) is 0 Å². The van der Waals surface area contributed by atoms with E-state index in [0.717, 1.165) is 30.2 Å². The van der Waals surface area contributed by atoms with Gasteiger partial charge in [0.25, 0.3) is 0 Å². The highest BCUT2D eigenvalue weighted by molar-refractivity contribution is 6.23. The van der Waals surface area contributed by atoms with Crippen molar-refractivity contribution in [2.45, 2.75) is 19.3 Å². The number of amides is 2. The second-order valence-corrected chi connectivity index (χ2v) is 6.78. The normalized spacial score (nSPS) is 33.0. The van der Waals surface area contributed by atoms with Crippen LogP contribution in [0.4, 0.5) is 5.69 Å². The molecule has 2 heterocycles. The summed E-state index contributed by atoms with van der Waals surface area (Å²) in [4.78, 5) is 31.4. The van der Waals surface area contributed by atoms with E-state index < -0.39 is 0 Å². The van der Waals surface area contributed by atoms with Crippen molar-refractivity contribution in [2.24, 2.45) is 23.7 Å². The predicted molar refractivity (Wildman–Crippen MR) is 82.0 cm³/mol. The molecule has 1 aromatic heterocycles. The lowest BCUT2D eigenvalue weighted by molar-refractivity contribution is -0.123. The summed E-state index contributed by atoms with van der Waals surface area (Å²) in [6, 6.07) is 9.46. The summed E-state index contributed by atoms with van der Waals surface area (Å²) in [7, 11) is 0. The summed E-state index contributed by atoms with van der Waals surface area (Å²) in [6.07, 6.45) is 5.04. The molecule has 2 bridgehead atoms. The van der Waals surface area contributed by atoms with Gasteiger partial charge in [-0.25, -0.2) is 0 Å². The summed E-state index contributed by atoms with van der Waals surface area (Å²) in [5, 5.41) is 0.959.